The van der Waals surface area contributed by atoms with Crippen molar-refractivity contribution in [3.8, 4) is 5.75 Å². The van der Waals surface area contributed by atoms with Crippen molar-refractivity contribution < 1.29 is 18.7 Å². The number of amides is 2. The maximum Gasteiger partial charge on any atom is 0.261 e. The van der Waals surface area contributed by atoms with Gasteiger partial charge in [0.2, 0.25) is 5.91 Å². The van der Waals surface area contributed by atoms with E-state index in [1.54, 1.807) is 25.1 Å². The molecule has 0 aliphatic heterocycles. The highest BCUT2D eigenvalue weighted by Gasteiger charge is 2.28. The normalized spacial score (nSPS) is 12.7. The summed E-state index contributed by atoms with van der Waals surface area (Å²) in [6.07, 6.45) is 0.769. The first-order chi connectivity index (χ1) is 14.6. The van der Waals surface area contributed by atoms with Gasteiger partial charge in [0.15, 0.2) is 6.61 Å². The summed E-state index contributed by atoms with van der Waals surface area (Å²) >= 11 is 3.51. The van der Waals surface area contributed by atoms with Gasteiger partial charge in [0, 0.05) is 22.6 Å². The first-order valence-corrected chi connectivity index (χ1v) is 11.2. The lowest BCUT2D eigenvalue weighted by Gasteiger charge is -2.29. The molecule has 0 saturated heterocycles. The van der Waals surface area contributed by atoms with Crippen LogP contribution in [0.1, 0.15) is 43.9 Å². The van der Waals surface area contributed by atoms with Gasteiger partial charge in [-0.1, -0.05) is 41.1 Å². The number of hydrogen-bond donors (Lipinski definition) is 1. The van der Waals surface area contributed by atoms with Crippen LogP contribution in [0.25, 0.3) is 0 Å². The molecule has 0 aliphatic carbocycles. The molecule has 2 aromatic carbocycles. The Bertz CT molecular complexity index is 912. The van der Waals surface area contributed by atoms with Gasteiger partial charge in [-0.3, -0.25) is 9.59 Å². The molecule has 1 N–H and O–H groups in total. The summed E-state index contributed by atoms with van der Waals surface area (Å²) in [4.78, 5) is 27.1. The minimum absolute atomic E-state index is 0.0228. The number of aryl methyl sites for hydroxylation is 2. The molecule has 2 amide bonds. The summed E-state index contributed by atoms with van der Waals surface area (Å²) in [6.45, 7) is 9.11. The van der Waals surface area contributed by atoms with Crippen LogP contribution in [0.15, 0.2) is 40.9 Å². The molecule has 7 heteroatoms. The zero-order chi connectivity index (χ0) is 23.1. The second-order valence-electron chi connectivity index (χ2n) is 7.77. The van der Waals surface area contributed by atoms with Crippen LogP contribution in [0, 0.1) is 19.7 Å². The maximum absolute atomic E-state index is 14.2. The number of carbonyl (C=O) groups is 2. The number of rotatable bonds is 9. The van der Waals surface area contributed by atoms with E-state index in [0.717, 1.165) is 22.0 Å². The van der Waals surface area contributed by atoms with Crippen molar-refractivity contribution in [2.45, 2.75) is 59.7 Å². The lowest BCUT2D eigenvalue weighted by atomic mass is 10.1. The molecule has 0 heterocycles. The number of ether oxygens (including phenoxy) is 1. The van der Waals surface area contributed by atoms with E-state index >= 15 is 0 Å². The van der Waals surface area contributed by atoms with Crippen molar-refractivity contribution in [2.75, 3.05) is 6.61 Å². The van der Waals surface area contributed by atoms with Crippen LogP contribution in [0.4, 0.5) is 4.39 Å². The van der Waals surface area contributed by atoms with Gasteiger partial charge in [-0.2, -0.15) is 0 Å². The first kappa shape index (κ1) is 24.9. The maximum atomic E-state index is 14.2. The van der Waals surface area contributed by atoms with E-state index in [-0.39, 0.29) is 25.1 Å². The fraction of sp³-hybridized carbons (Fsp3) is 0.417. The number of hydrogen-bond acceptors (Lipinski definition) is 3. The third-order valence-electron chi connectivity index (χ3n) is 5.24. The Morgan fingerprint density at radius 3 is 2.35 bits per heavy atom. The van der Waals surface area contributed by atoms with Gasteiger partial charge in [0.1, 0.15) is 17.6 Å². The standard InChI is InChI=1S/C24H30BrFN2O3/c1-6-17(4)27-24(30)18(5)28(13-19-9-7-8-10-21(19)26)22(29)14-31-20-11-15(2)23(25)16(3)12-20/h7-12,17-18H,6,13-14H2,1-5H3,(H,27,30)/t17-,18+/m0/s1. The van der Waals surface area contributed by atoms with E-state index in [0.29, 0.717) is 11.3 Å². The number of nitrogens with zero attached hydrogens (tertiary/aromatic N) is 1. The quantitative estimate of drug-likeness (QED) is 0.540. The van der Waals surface area contributed by atoms with E-state index in [1.165, 1.54) is 11.0 Å². The zero-order valence-corrected chi connectivity index (χ0v) is 20.3. The highest BCUT2D eigenvalue weighted by Crippen LogP contribution is 2.26. The largest absolute Gasteiger partial charge is 0.484 e. The summed E-state index contributed by atoms with van der Waals surface area (Å²) in [5.41, 5.74) is 2.33. The Kier molecular flexibility index (Phi) is 9.04. The van der Waals surface area contributed by atoms with Crippen molar-refractivity contribution in [1.82, 2.24) is 10.2 Å². The summed E-state index contributed by atoms with van der Waals surface area (Å²) in [6, 6.07) is 9.11. The Labute approximate surface area is 192 Å². The van der Waals surface area contributed by atoms with Crippen LogP contribution in [0.3, 0.4) is 0 Å². The summed E-state index contributed by atoms with van der Waals surface area (Å²) in [5.74, 6) is -0.535. The van der Waals surface area contributed by atoms with E-state index in [9.17, 15) is 14.0 Å². The Morgan fingerprint density at radius 1 is 1.16 bits per heavy atom. The molecular weight excluding hydrogens is 463 g/mol. The molecule has 0 aliphatic rings. The van der Waals surface area contributed by atoms with Crippen molar-refractivity contribution >= 4 is 27.7 Å². The van der Waals surface area contributed by atoms with Crippen molar-refractivity contribution in [3.63, 3.8) is 0 Å². The molecule has 5 nitrogen and oxygen atoms in total. The fourth-order valence-electron chi connectivity index (χ4n) is 3.08. The number of nitrogens with one attached hydrogen (secondary N) is 1. The van der Waals surface area contributed by atoms with Gasteiger partial charge < -0.3 is 15.0 Å². The Morgan fingerprint density at radius 2 is 1.77 bits per heavy atom. The molecule has 31 heavy (non-hydrogen) atoms. The second-order valence-corrected chi connectivity index (χ2v) is 8.56. The number of halogens is 2. The van der Waals surface area contributed by atoms with E-state index in [1.807, 2.05) is 39.8 Å². The van der Waals surface area contributed by atoms with Gasteiger partial charge in [-0.25, -0.2) is 4.39 Å². The van der Waals surface area contributed by atoms with Crippen molar-refractivity contribution in [1.29, 1.82) is 0 Å². The number of carbonyl (C=O) groups excluding carboxylic acids is 2. The van der Waals surface area contributed by atoms with Crippen LogP contribution in [-0.2, 0) is 16.1 Å². The molecule has 0 aromatic heterocycles. The topological polar surface area (TPSA) is 58.6 Å². The van der Waals surface area contributed by atoms with Gasteiger partial charge in [0.25, 0.3) is 5.91 Å². The van der Waals surface area contributed by atoms with E-state index < -0.39 is 17.8 Å². The third-order valence-corrected chi connectivity index (χ3v) is 6.49. The molecule has 0 radical (unpaired) electrons. The predicted molar refractivity (Wildman–Crippen MR) is 123 cm³/mol. The average molecular weight is 493 g/mol. The summed E-state index contributed by atoms with van der Waals surface area (Å²) in [5, 5.41) is 2.89. The van der Waals surface area contributed by atoms with Crippen LogP contribution < -0.4 is 10.1 Å². The van der Waals surface area contributed by atoms with Gasteiger partial charge in [-0.05, 0) is 63.4 Å². The molecule has 0 bridgehead atoms. The summed E-state index contributed by atoms with van der Waals surface area (Å²) in [7, 11) is 0. The highest BCUT2D eigenvalue weighted by atomic mass is 79.9. The van der Waals surface area contributed by atoms with Gasteiger partial charge in [-0.15, -0.1) is 0 Å². The lowest BCUT2D eigenvalue weighted by Crippen LogP contribution is -2.50. The molecule has 0 unspecified atom stereocenters. The van der Waals surface area contributed by atoms with Crippen molar-refractivity contribution in [2.24, 2.45) is 0 Å². The Hall–Kier alpha value is -2.41. The SMILES string of the molecule is CC[C@H](C)NC(=O)[C@@H](C)N(Cc1ccccc1F)C(=O)COc1cc(C)c(Br)c(C)c1. The second kappa shape index (κ2) is 11.3. The van der Waals surface area contributed by atoms with E-state index in [4.69, 9.17) is 4.74 Å². The zero-order valence-electron chi connectivity index (χ0n) is 18.7. The highest BCUT2D eigenvalue weighted by molar-refractivity contribution is 9.10. The molecular formula is C24H30BrFN2O3. The molecule has 0 saturated carbocycles. The fourth-order valence-corrected chi connectivity index (χ4v) is 3.30. The van der Waals surface area contributed by atoms with Crippen molar-refractivity contribution in [3.05, 3.63) is 63.4 Å². The minimum Gasteiger partial charge on any atom is -0.484 e. The van der Waals surface area contributed by atoms with Crippen LogP contribution in [0.2, 0.25) is 0 Å². The molecule has 2 aromatic rings. The third kappa shape index (κ3) is 6.79. The van der Waals surface area contributed by atoms with Crippen LogP contribution >= 0.6 is 15.9 Å². The smallest absolute Gasteiger partial charge is 0.261 e. The van der Waals surface area contributed by atoms with E-state index in [2.05, 4.69) is 21.2 Å². The average Bonchev–Trinajstić information content (AvgIpc) is 2.74. The molecule has 0 spiro atoms. The Balaban J connectivity index is 2.21. The molecule has 168 valence electrons. The van der Waals surface area contributed by atoms with Gasteiger partial charge in [0.05, 0.1) is 0 Å². The molecule has 0 fully saturated rings. The van der Waals surface area contributed by atoms with Gasteiger partial charge >= 0.3 is 0 Å². The van der Waals surface area contributed by atoms with Crippen LogP contribution in [0.5, 0.6) is 5.75 Å². The summed E-state index contributed by atoms with van der Waals surface area (Å²) < 4.78 is 21.0. The lowest BCUT2D eigenvalue weighted by molar-refractivity contribution is -0.142. The monoisotopic (exact) mass is 492 g/mol. The predicted octanol–water partition coefficient (Wildman–Crippen LogP) is 4.92. The number of benzene rings is 2. The first-order valence-electron chi connectivity index (χ1n) is 10.4. The molecule has 2 rings (SSSR count). The minimum atomic E-state index is -0.780. The molecule has 2 atom stereocenters. The van der Waals surface area contributed by atoms with Crippen LogP contribution in [-0.4, -0.2) is 35.4 Å².